The minimum atomic E-state index is 0. The van der Waals surface area contributed by atoms with Gasteiger partial charge >= 0.3 is 0 Å². The Hall–Kier alpha value is 0.310. The molecular weight excluding hydrogens is 397 g/mol. The van der Waals surface area contributed by atoms with Gasteiger partial charge in [-0.15, -0.1) is 24.0 Å². The van der Waals surface area contributed by atoms with Crippen LogP contribution < -0.4 is 5.73 Å². The molecule has 2 aliphatic rings. The smallest absolute Gasteiger partial charge is 0.191 e. The molecule has 0 aromatic carbocycles. The maximum atomic E-state index is 6.09. The van der Waals surface area contributed by atoms with Crippen LogP contribution in [-0.4, -0.2) is 54.7 Å². The number of halogens is 1. The molecule has 1 unspecified atom stereocenters. The van der Waals surface area contributed by atoms with Crippen molar-refractivity contribution in [3.8, 4) is 0 Å². The predicted molar refractivity (Wildman–Crippen MR) is 103 cm³/mol. The van der Waals surface area contributed by atoms with Gasteiger partial charge in [-0.2, -0.15) is 11.8 Å². The Labute approximate surface area is 150 Å². The van der Waals surface area contributed by atoms with Crippen molar-refractivity contribution in [3.05, 3.63) is 0 Å². The van der Waals surface area contributed by atoms with E-state index < -0.39 is 0 Å². The van der Waals surface area contributed by atoms with E-state index in [1.807, 2.05) is 11.8 Å². The van der Waals surface area contributed by atoms with Crippen LogP contribution >= 0.6 is 35.7 Å². The molecule has 1 atom stereocenters. The lowest BCUT2D eigenvalue weighted by molar-refractivity contribution is 0.0177. The molecule has 1 aliphatic carbocycles. The molecule has 2 fully saturated rings. The van der Waals surface area contributed by atoms with E-state index in [9.17, 15) is 0 Å². The number of hydrogen-bond acceptors (Lipinski definition) is 3. The average molecular weight is 427 g/mol. The van der Waals surface area contributed by atoms with Gasteiger partial charge in [0.25, 0.3) is 0 Å². The Bertz CT molecular complexity index is 305. The molecule has 0 spiro atoms. The largest absolute Gasteiger partial charge is 0.378 e. The van der Waals surface area contributed by atoms with Gasteiger partial charge in [-0.25, -0.2) is 0 Å². The highest BCUT2D eigenvalue weighted by atomic mass is 127. The number of rotatable bonds is 6. The minimum absolute atomic E-state index is 0. The first kappa shape index (κ1) is 19.4. The van der Waals surface area contributed by atoms with Crippen molar-refractivity contribution in [3.63, 3.8) is 0 Å². The Morgan fingerprint density at radius 1 is 1.33 bits per heavy atom. The summed E-state index contributed by atoms with van der Waals surface area (Å²) in [4.78, 5) is 6.78. The summed E-state index contributed by atoms with van der Waals surface area (Å²) in [6.07, 6.45) is 6.79. The highest BCUT2D eigenvalue weighted by Crippen LogP contribution is 2.30. The van der Waals surface area contributed by atoms with Crippen LogP contribution in [0.4, 0.5) is 0 Å². The third-order valence-electron chi connectivity index (χ3n) is 4.33. The van der Waals surface area contributed by atoms with Crippen molar-refractivity contribution < 1.29 is 4.74 Å². The van der Waals surface area contributed by atoms with Gasteiger partial charge in [-0.05, 0) is 32.1 Å². The van der Waals surface area contributed by atoms with Crippen LogP contribution in [0, 0.1) is 5.92 Å². The van der Waals surface area contributed by atoms with E-state index in [1.165, 1.54) is 37.2 Å². The standard InChI is InChI=1S/C15H29N3OS.HI/c1-2-19-14(13-5-3-4-6-13)7-8-17-15(16)18-9-11-20-12-10-18;/h13-14H,2-12H2,1H3,(H2,16,17);1H. The number of nitrogens with two attached hydrogens (primary N) is 1. The van der Waals surface area contributed by atoms with Crippen molar-refractivity contribution in [2.24, 2.45) is 16.6 Å². The fourth-order valence-electron chi connectivity index (χ4n) is 3.20. The second-order valence-corrected chi connectivity index (χ2v) is 6.89. The first-order valence-corrected chi connectivity index (χ1v) is 9.21. The van der Waals surface area contributed by atoms with Crippen molar-refractivity contribution in [2.45, 2.75) is 45.1 Å². The molecule has 21 heavy (non-hydrogen) atoms. The fourth-order valence-corrected chi connectivity index (χ4v) is 4.10. The first-order chi connectivity index (χ1) is 9.81. The Kier molecular flexibility index (Phi) is 10.1. The molecule has 0 aromatic heterocycles. The molecule has 2 N–H and O–H groups in total. The molecule has 0 amide bonds. The number of ether oxygens (including phenoxy) is 1. The summed E-state index contributed by atoms with van der Waals surface area (Å²) in [5.41, 5.74) is 6.09. The Morgan fingerprint density at radius 3 is 2.62 bits per heavy atom. The highest BCUT2D eigenvalue weighted by molar-refractivity contribution is 14.0. The van der Waals surface area contributed by atoms with Crippen LogP contribution in [0.5, 0.6) is 0 Å². The summed E-state index contributed by atoms with van der Waals surface area (Å²) < 4.78 is 5.93. The molecule has 1 aliphatic heterocycles. The normalized spacial score (nSPS) is 22.1. The van der Waals surface area contributed by atoms with E-state index in [0.29, 0.717) is 6.10 Å². The molecule has 4 nitrogen and oxygen atoms in total. The molecule has 0 aromatic rings. The molecule has 0 radical (unpaired) electrons. The van der Waals surface area contributed by atoms with Crippen molar-refractivity contribution in [2.75, 3.05) is 37.7 Å². The van der Waals surface area contributed by atoms with Crippen LogP contribution in [0.3, 0.4) is 0 Å². The Morgan fingerprint density at radius 2 is 2.00 bits per heavy atom. The van der Waals surface area contributed by atoms with E-state index in [-0.39, 0.29) is 24.0 Å². The number of guanidine groups is 1. The summed E-state index contributed by atoms with van der Waals surface area (Å²) in [5.74, 6) is 3.81. The minimum Gasteiger partial charge on any atom is -0.378 e. The van der Waals surface area contributed by atoms with Gasteiger partial charge in [0.1, 0.15) is 0 Å². The highest BCUT2D eigenvalue weighted by Gasteiger charge is 2.25. The number of hydrogen-bond donors (Lipinski definition) is 1. The second-order valence-electron chi connectivity index (χ2n) is 5.67. The maximum absolute atomic E-state index is 6.09. The summed E-state index contributed by atoms with van der Waals surface area (Å²) >= 11 is 2.00. The lowest BCUT2D eigenvalue weighted by Gasteiger charge is -2.27. The van der Waals surface area contributed by atoms with E-state index >= 15 is 0 Å². The quantitative estimate of drug-likeness (QED) is 0.402. The van der Waals surface area contributed by atoms with Crippen molar-refractivity contribution >= 4 is 41.7 Å². The molecule has 6 heteroatoms. The third kappa shape index (κ3) is 6.52. The van der Waals surface area contributed by atoms with Gasteiger partial charge in [0, 0.05) is 37.7 Å². The topological polar surface area (TPSA) is 50.9 Å². The van der Waals surface area contributed by atoms with Gasteiger partial charge in [-0.3, -0.25) is 4.99 Å². The lowest BCUT2D eigenvalue weighted by atomic mass is 9.98. The number of aliphatic imine (C=N–C) groups is 1. The maximum Gasteiger partial charge on any atom is 0.191 e. The van der Waals surface area contributed by atoms with Crippen molar-refractivity contribution in [1.29, 1.82) is 0 Å². The number of thioether (sulfide) groups is 1. The van der Waals surface area contributed by atoms with Crippen LogP contribution in [-0.2, 0) is 4.74 Å². The molecule has 1 saturated heterocycles. The predicted octanol–water partition coefficient (Wildman–Crippen LogP) is 2.95. The average Bonchev–Trinajstić information content (AvgIpc) is 3.01. The van der Waals surface area contributed by atoms with Gasteiger partial charge in [0.2, 0.25) is 0 Å². The number of nitrogens with zero attached hydrogens (tertiary/aromatic N) is 2. The fraction of sp³-hybridized carbons (Fsp3) is 0.933. The van der Waals surface area contributed by atoms with Gasteiger partial charge in [0.15, 0.2) is 5.96 Å². The summed E-state index contributed by atoms with van der Waals surface area (Å²) in [5, 5.41) is 0. The monoisotopic (exact) mass is 427 g/mol. The zero-order valence-corrected chi connectivity index (χ0v) is 16.3. The zero-order valence-electron chi connectivity index (χ0n) is 13.1. The third-order valence-corrected chi connectivity index (χ3v) is 5.27. The van der Waals surface area contributed by atoms with Crippen LogP contribution in [0.2, 0.25) is 0 Å². The molecule has 2 rings (SSSR count). The Balaban J connectivity index is 0.00000220. The van der Waals surface area contributed by atoms with Crippen LogP contribution in [0.25, 0.3) is 0 Å². The van der Waals surface area contributed by atoms with E-state index in [2.05, 4.69) is 16.8 Å². The van der Waals surface area contributed by atoms with Crippen LogP contribution in [0.1, 0.15) is 39.0 Å². The summed E-state index contributed by atoms with van der Waals surface area (Å²) in [6.45, 7) is 5.78. The van der Waals surface area contributed by atoms with Gasteiger partial charge < -0.3 is 15.4 Å². The zero-order chi connectivity index (χ0) is 14.2. The van der Waals surface area contributed by atoms with Gasteiger partial charge in [-0.1, -0.05) is 12.8 Å². The lowest BCUT2D eigenvalue weighted by Crippen LogP contribution is -2.42. The molecule has 1 heterocycles. The molecule has 1 saturated carbocycles. The van der Waals surface area contributed by atoms with Gasteiger partial charge in [0.05, 0.1) is 6.10 Å². The SMILES string of the molecule is CCOC(CCN=C(N)N1CCSCC1)C1CCCC1.I. The molecule has 0 bridgehead atoms. The first-order valence-electron chi connectivity index (χ1n) is 8.05. The van der Waals surface area contributed by atoms with E-state index in [0.717, 1.165) is 44.5 Å². The van der Waals surface area contributed by atoms with E-state index in [4.69, 9.17) is 10.5 Å². The molecular formula is C15H30IN3OS. The summed E-state index contributed by atoms with van der Waals surface area (Å²) in [6, 6.07) is 0. The van der Waals surface area contributed by atoms with Crippen molar-refractivity contribution in [1.82, 2.24) is 4.90 Å². The summed E-state index contributed by atoms with van der Waals surface area (Å²) in [7, 11) is 0. The second kappa shape index (κ2) is 10.9. The van der Waals surface area contributed by atoms with E-state index in [1.54, 1.807) is 0 Å². The van der Waals surface area contributed by atoms with Crippen LogP contribution in [0.15, 0.2) is 4.99 Å². The molecule has 124 valence electrons.